The number of amides is 2. The first kappa shape index (κ1) is 22.7. The number of nitrogens with zero attached hydrogens (tertiary/aromatic N) is 1. The first-order chi connectivity index (χ1) is 13.3. The van der Waals surface area contributed by atoms with E-state index in [1.807, 2.05) is 26.0 Å². The van der Waals surface area contributed by atoms with Gasteiger partial charge in [0.25, 0.3) is 5.91 Å². The van der Waals surface area contributed by atoms with Crippen molar-refractivity contribution in [3.05, 3.63) is 33.8 Å². The molecule has 1 unspecified atom stereocenters. The summed E-state index contributed by atoms with van der Waals surface area (Å²) in [4.78, 5) is 37.7. The van der Waals surface area contributed by atoms with Gasteiger partial charge >= 0.3 is 0 Å². The quantitative estimate of drug-likeness (QED) is 0.353. The van der Waals surface area contributed by atoms with Crippen molar-refractivity contribution in [1.29, 1.82) is 0 Å². The van der Waals surface area contributed by atoms with Gasteiger partial charge in [0.2, 0.25) is 11.7 Å². The number of ketones is 1. The molecule has 0 spiro atoms. The van der Waals surface area contributed by atoms with Gasteiger partial charge in [-0.25, -0.2) is 0 Å². The third-order valence-electron chi connectivity index (χ3n) is 4.52. The largest absolute Gasteiger partial charge is 0.377 e. The van der Waals surface area contributed by atoms with Gasteiger partial charge in [0.05, 0.1) is 22.8 Å². The zero-order valence-corrected chi connectivity index (χ0v) is 17.7. The molecule has 6 nitrogen and oxygen atoms in total. The van der Waals surface area contributed by atoms with Crippen LogP contribution < -0.4 is 5.32 Å². The van der Waals surface area contributed by atoms with E-state index < -0.39 is 17.6 Å². The average Bonchev–Trinajstić information content (AvgIpc) is 2.92. The van der Waals surface area contributed by atoms with Crippen LogP contribution in [0.3, 0.4) is 0 Å². The highest BCUT2D eigenvalue weighted by Crippen LogP contribution is 2.23. The number of halogens is 2. The summed E-state index contributed by atoms with van der Waals surface area (Å²) in [6.07, 6.45) is 2.48. The molecule has 1 atom stereocenters. The Balaban J connectivity index is 1.70. The summed E-state index contributed by atoms with van der Waals surface area (Å²) in [6, 6.07) is 5.53. The number of Topliss-reactive ketones (excluding diaryl/α,β-unsaturated/α-hetero) is 1. The third kappa shape index (κ3) is 6.47. The van der Waals surface area contributed by atoms with Crippen LogP contribution in [-0.4, -0.2) is 54.8 Å². The van der Waals surface area contributed by atoms with Gasteiger partial charge in [0.15, 0.2) is 0 Å². The van der Waals surface area contributed by atoms with Gasteiger partial charge in [-0.2, -0.15) is 0 Å². The monoisotopic (exact) mass is 428 g/mol. The van der Waals surface area contributed by atoms with E-state index in [1.54, 1.807) is 6.07 Å². The summed E-state index contributed by atoms with van der Waals surface area (Å²) >= 11 is 11.9. The highest BCUT2D eigenvalue weighted by atomic mass is 35.5. The van der Waals surface area contributed by atoms with Crippen LogP contribution in [0.15, 0.2) is 18.2 Å². The van der Waals surface area contributed by atoms with Crippen molar-refractivity contribution < 1.29 is 19.1 Å². The van der Waals surface area contributed by atoms with Crippen LogP contribution in [0.2, 0.25) is 10.0 Å². The zero-order chi connectivity index (χ0) is 20.7. The summed E-state index contributed by atoms with van der Waals surface area (Å²) in [5.41, 5.74) is 1.08. The van der Waals surface area contributed by atoms with E-state index in [9.17, 15) is 14.4 Å². The van der Waals surface area contributed by atoms with Crippen molar-refractivity contribution in [2.75, 3.05) is 26.2 Å². The maximum atomic E-state index is 12.3. The van der Waals surface area contributed by atoms with Crippen molar-refractivity contribution in [2.24, 2.45) is 5.92 Å². The predicted molar refractivity (Wildman–Crippen MR) is 109 cm³/mol. The molecule has 1 saturated heterocycles. The molecule has 1 N–H and O–H groups in total. The molecule has 1 heterocycles. The van der Waals surface area contributed by atoms with Gasteiger partial charge < -0.3 is 15.0 Å². The second-order valence-corrected chi connectivity index (χ2v) is 7.90. The van der Waals surface area contributed by atoms with Gasteiger partial charge in [-0.05, 0) is 50.8 Å². The maximum absolute atomic E-state index is 12.3. The molecule has 2 rings (SSSR count). The fraction of sp³-hybridized carbons (Fsp3) is 0.550. The van der Waals surface area contributed by atoms with E-state index in [0.717, 1.165) is 24.8 Å². The minimum absolute atomic E-state index is 0.0522. The SMILES string of the molecule is CC(C)OCCN1CC(C(=O)NCCCCc2ccc(Cl)c(Cl)c2)C(=O)C1=O. The maximum Gasteiger partial charge on any atom is 0.290 e. The fourth-order valence-electron chi connectivity index (χ4n) is 2.97. The number of hydrogen-bond acceptors (Lipinski definition) is 4. The Kier molecular flexibility index (Phi) is 8.73. The second kappa shape index (κ2) is 10.8. The molecule has 1 aromatic rings. The molecule has 1 aliphatic rings. The number of unbranched alkanes of at least 4 members (excludes halogenated alkanes) is 1. The molecular weight excluding hydrogens is 403 g/mol. The summed E-state index contributed by atoms with van der Waals surface area (Å²) in [5, 5.41) is 3.81. The highest BCUT2D eigenvalue weighted by Gasteiger charge is 2.42. The Morgan fingerprint density at radius 1 is 1.25 bits per heavy atom. The van der Waals surface area contributed by atoms with Gasteiger partial charge in [-0.15, -0.1) is 0 Å². The number of benzene rings is 1. The Labute approximate surface area is 175 Å². The Morgan fingerprint density at radius 2 is 2.00 bits per heavy atom. The number of carbonyl (C=O) groups is 3. The first-order valence-corrected chi connectivity index (χ1v) is 10.2. The van der Waals surface area contributed by atoms with Crippen molar-refractivity contribution in [3.8, 4) is 0 Å². The molecule has 1 aliphatic heterocycles. The van der Waals surface area contributed by atoms with Gasteiger partial charge in [0, 0.05) is 19.6 Å². The molecule has 0 aliphatic carbocycles. The topological polar surface area (TPSA) is 75.7 Å². The number of carbonyl (C=O) groups excluding carboxylic acids is 3. The first-order valence-electron chi connectivity index (χ1n) is 9.46. The van der Waals surface area contributed by atoms with Gasteiger partial charge in [-0.3, -0.25) is 14.4 Å². The third-order valence-corrected chi connectivity index (χ3v) is 5.26. The minimum Gasteiger partial charge on any atom is -0.377 e. The molecule has 0 saturated carbocycles. The van der Waals surface area contributed by atoms with Crippen LogP contribution in [0.4, 0.5) is 0 Å². The molecule has 8 heteroatoms. The summed E-state index contributed by atoms with van der Waals surface area (Å²) in [5.74, 6) is -2.56. The number of aryl methyl sites for hydroxylation is 1. The Bertz CT molecular complexity index is 724. The normalized spacial score (nSPS) is 16.9. The number of rotatable bonds is 10. The molecule has 0 bridgehead atoms. The van der Waals surface area contributed by atoms with E-state index >= 15 is 0 Å². The second-order valence-electron chi connectivity index (χ2n) is 7.08. The van der Waals surface area contributed by atoms with E-state index in [0.29, 0.717) is 29.7 Å². The van der Waals surface area contributed by atoms with Crippen LogP contribution in [-0.2, 0) is 25.5 Å². The smallest absolute Gasteiger partial charge is 0.290 e. The number of likely N-dealkylation sites (tertiary alicyclic amines) is 1. The molecule has 0 radical (unpaired) electrons. The van der Waals surface area contributed by atoms with Gasteiger partial charge in [0.1, 0.15) is 5.92 Å². The van der Waals surface area contributed by atoms with Gasteiger partial charge in [-0.1, -0.05) is 29.3 Å². The molecule has 0 aromatic heterocycles. The molecule has 1 aromatic carbocycles. The summed E-state index contributed by atoms with van der Waals surface area (Å²) < 4.78 is 5.40. The van der Waals surface area contributed by atoms with Crippen molar-refractivity contribution in [3.63, 3.8) is 0 Å². The predicted octanol–water partition coefficient (Wildman–Crippen LogP) is 2.88. The van der Waals surface area contributed by atoms with Crippen LogP contribution in [0.5, 0.6) is 0 Å². The lowest BCUT2D eigenvalue weighted by molar-refractivity contribution is -0.142. The number of nitrogens with one attached hydrogen (secondary N) is 1. The lowest BCUT2D eigenvalue weighted by Gasteiger charge is -2.16. The van der Waals surface area contributed by atoms with E-state index in [-0.39, 0.29) is 18.6 Å². The van der Waals surface area contributed by atoms with E-state index in [4.69, 9.17) is 27.9 Å². The zero-order valence-electron chi connectivity index (χ0n) is 16.2. The van der Waals surface area contributed by atoms with Crippen molar-refractivity contribution >= 4 is 40.8 Å². The van der Waals surface area contributed by atoms with Crippen LogP contribution in [0.25, 0.3) is 0 Å². The molecule has 1 fully saturated rings. The summed E-state index contributed by atoms with van der Waals surface area (Å²) in [6.45, 7) is 5.03. The molecule has 154 valence electrons. The molecular formula is C20H26Cl2N2O4. The lowest BCUT2D eigenvalue weighted by Crippen LogP contribution is -2.36. The van der Waals surface area contributed by atoms with E-state index in [1.165, 1.54) is 4.90 Å². The lowest BCUT2D eigenvalue weighted by atomic mass is 10.1. The summed E-state index contributed by atoms with van der Waals surface area (Å²) in [7, 11) is 0. The van der Waals surface area contributed by atoms with Crippen LogP contribution in [0.1, 0.15) is 32.3 Å². The minimum atomic E-state index is -0.929. The Hall–Kier alpha value is -1.63. The number of ether oxygens (including phenoxy) is 1. The number of hydrogen-bond donors (Lipinski definition) is 1. The molecule has 2 amide bonds. The Morgan fingerprint density at radius 3 is 2.68 bits per heavy atom. The molecule has 28 heavy (non-hydrogen) atoms. The van der Waals surface area contributed by atoms with Crippen molar-refractivity contribution in [2.45, 2.75) is 39.2 Å². The fourth-order valence-corrected chi connectivity index (χ4v) is 3.29. The van der Waals surface area contributed by atoms with Crippen LogP contribution >= 0.6 is 23.2 Å². The van der Waals surface area contributed by atoms with Crippen molar-refractivity contribution in [1.82, 2.24) is 10.2 Å². The standard InChI is InChI=1S/C20H26Cl2N2O4/c1-13(2)28-10-9-24-12-15(18(25)20(24)27)19(26)23-8-4-3-5-14-6-7-16(21)17(22)11-14/h6-7,11,13,15H,3-5,8-10,12H2,1-2H3,(H,23,26). The highest BCUT2D eigenvalue weighted by molar-refractivity contribution is 6.42. The average molecular weight is 429 g/mol. The van der Waals surface area contributed by atoms with Crippen LogP contribution in [0, 0.1) is 5.92 Å². The van der Waals surface area contributed by atoms with E-state index in [2.05, 4.69) is 5.32 Å².